The van der Waals surface area contributed by atoms with E-state index >= 15 is 0 Å². The van der Waals surface area contributed by atoms with Crippen LogP contribution in [0.4, 0.5) is 8.78 Å². The zero-order chi connectivity index (χ0) is 18.8. The third-order valence-corrected chi connectivity index (χ3v) is 4.72. The topological polar surface area (TPSA) is 40.6 Å². The van der Waals surface area contributed by atoms with Gasteiger partial charge in [-0.1, -0.05) is 23.2 Å². The van der Waals surface area contributed by atoms with Crippen molar-refractivity contribution in [2.45, 2.75) is 0 Å². The van der Waals surface area contributed by atoms with Crippen LogP contribution in [0.1, 0.15) is 20.7 Å². The van der Waals surface area contributed by atoms with E-state index in [1.54, 1.807) is 0 Å². The predicted octanol–water partition coefficient (Wildman–Crippen LogP) is 3.87. The van der Waals surface area contributed by atoms with Gasteiger partial charge in [0, 0.05) is 31.2 Å². The number of rotatable bonds is 2. The Kier molecular flexibility index (Phi) is 5.44. The highest BCUT2D eigenvalue weighted by molar-refractivity contribution is 6.33. The van der Waals surface area contributed by atoms with Crippen molar-refractivity contribution in [1.82, 2.24) is 9.80 Å². The van der Waals surface area contributed by atoms with E-state index in [0.29, 0.717) is 0 Å². The van der Waals surface area contributed by atoms with E-state index in [4.69, 9.17) is 23.2 Å². The first kappa shape index (κ1) is 18.6. The molecule has 0 radical (unpaired) electrons. The molecule has 1 aliphatic rings. The van der Waals surface area contributed by atoms with Gasteiger partial charge in [0.05, 0.1) is 16.1 Å². The molecule has 4 nitrogen and oxygen atoms in total. The Hall–Kier alpha value is -2.18. The SMILES string of the molecule is O=C(c1cc(Cl)ccc1F)N1CCN(C(=O)c2ccc(F)cc2Cl)CC1. The fourth-order valence-corrected chi connectivity index (χ4v) is 3.20. The molecule has 0 unspecified atom stereocenters. The van der Waals surface area contributed by atoms with Crippen molar-refractivity contribution in [2.24, 2.45) is 0 Å². The summed E-state index contributed by atoms with van der Waals surface area (Å²) in [7, 11) is 0. The fraction of sp³-hybridized carbons (Fsp3) is 0.222. The monoisotopic (exact) mass is 398 g/mol. The van der Waals surface area contributed by atoms with Gasteiger partial charge in [-0.15, -0.1) is 0 Å². The molecule has 0 spiro atoms. The van der Waals surface area contributed by atoms with Gasteiger partial charge in [-0.05, 0) is 36.4 Å². The minimum atomic E-state index is -0.643. The number of piperazine rings is 1. The lowest BCUT2D eigenvalue weighted by molar-refractivity contribution is 0.0533. The van der Waals surface area contributed by atoms with E-state index in [2.05, 4.69) is 0 Å². The highest BCUT2D eigenvalue weighted by atomic mass is 35.5. The Balaban J connectivity index is 1.68. The van der Waals surface area contributed by atoms with Gasteiger partial charge in [-0.3, -0.25) is 9.59 Å². The van der Waals surface area contributed by atoms with Crippen LogP contribution < -0.4 is 0 Å². The van der Waals surface area contributed by atoms with Crippen molar-refractivity contribution in [3.63, 3.8) is 0 Å². The number of nitrogens with zero attached hydrogens (tertiary/aromatic N) is 2. The summed E-state index contributed by atoms with van der Waals surface area (Å²) < 4.78 is 27.0. The second kappa shape index (κ2) is 7.60. The smallest absolute Gasteiger partial charge is 0.257 e. The van der Waals surface area contributed by atoms with Crippen LogP contribution >= 0.6 is 23.2 Å². The summed E-state index contributed by atoms with van der Waals surface area (Å²) >= 11 is 11.8. The van der Waals surface area contributed by atoms with Gasteiger partial charge in [-0.2, -0.15) is 0 Å². The average Bonchev–Trinajstić information content (AvgIpc) is 2.63. The Morgan fingerprint density at radius 3 is 1.96 bits per heavy atom. The van der Waals surface area contributed by atoms with Gasteiger partial charge in [0.2, 0.25) is 0 Å². The summed E-state index contributed by atoms with van der Waals surface area (Å²) in [5.41, 5.74) is 0.104. The Morgan fingerprint density at radius 2 is 1.38 bits per heavy atom. The number of hydrogen-bond donors (Lipinski definition) is 0. The van der Waals surface area contributed by atoms with Crippen LogP contribution in [0.15, 0.2) is 36.4 Å². The van der Waals surface area contributed by atoms with Gasteiger partial charge < -0.3 is 9.80 Å². The summed E-state index contributed by atoms with van der Waals surface area (Å²) in [5, 5.41) is 0.309. The van der Waals surface area contributed by atoms with E-state index in [1.807, 2.05) is 0 Å². The minimum Gasteiger partial charge on any atom is -0.335 e. The first-order valence-electron chi connectivity index (χ1n) is 7.85. The fourth-order valence-electron chi connectivity index (χ4n) is 2.78. The van der Waals surface area contributed by atoms with Crippen LogP contribution in [0.2, 0.25) is 10.0 Å². The zero-order valence-corrected chi connectivity index (χ0v) is 15.0. The molecular weight excluding hydrogens is 385 g/mol. The van der Waals surface area contributed by atoms with Crippen molar-refractivity contribution in [1.29, 1.82) is 0 Å². The molecule has 2 amide bonds. The highest BCUT2D eigenvalue weighted by Gasteiger charge is 2.27. The Labute approximate surface area is 158 Å². The van der Waals surface area contributed by atoms with Gasteiger partial charge in [0.15, 0.2) is 0 Å². The number of benzene rings is 2. The molecule has 26 heavy (non-hydrogen) atoms. The molecule has 1 heterocycles. The lowest BCUT2D eigenvalue weighted by atomic mass is 10.1. The molecule has 136 valence electrons. The summed E-state index contributed by atoms with van der Waals surface area (Å²) in [6.07, 6.45) is 0. The number of carbonyl (C=O) groups is 2. The van der Waals surface area contributed by atoms with Crippen molar-refractivity contribution >= 4 is 35.0 Å². The number of hydrogen-bond acceptors (Lipinski definition) is 2. The van der Waals surface area contributed by atoms with Crippen molar-refractivity contribution in [3.05, 3.63) is 69.2 Å². The summed E-state index contributed by atoms with van der Waals surface area (Å²) in [4.78, 5) is 28.0. The van der Waals surface area contributed by atoms with Crippen LogP contribution in [0.25, 0.3) is 0 Å². The molecule has 1 aliphatic heterocycles. The first-order chi connectivity index (χ1) is 12.4. The molecule has 0 N–H and O–H groups in total. The molecule has 3 rings (SSSR count). The van der Waals surface area contributed by atoms with E-state index in [-0.39, 0.29) is 53.3 Å². The highest BCUT2D eigenvalue weighted by Crippen LogP contribution is 2.21. The molecule has 2 aromatic carbocycles. The summed E-state index contributed by atoms with van der Waals surface area (Å²) in [6.45, 7) is 1.02. The molecule has 2 aromatic rings. The third kappa shape index (κ3) is 3.81. The minimum absolute atomic E-state index is 0.0366. The van der Waals surface area contributed by atoms with Crippen LogP contribution in [0.5, 0.6) is 0 Å². The van der Waals surface area contributed by atoms with Gasteiger partial charge in [-0.25, -0.2) is 8.78 Å². The standard InChI is InChI=1S/C18H14Cl2F2N2O2/c19-11-1-4-16(22)14(9-11)18(26)24-7-5-23(6-8-24)17(25)13-3-2-12(21)10-15(13)20/h1-4,9-10H,5-8H2. The van der Waals surface area contributed by atoms with E-state index in [1.165, 1.54) is 34.1 Å². The maximum atomic E-state index is 13.9. The first-order valence-corrected chi connectivity index (χ1v) is 8.61. The predicted molar refractivity (Wildman–Crippen MR) is 94.6 cm³/mol. The molecule has 1 saturated heterocycles. The number of carbonyl (C=O) groups excluding carboxylic acids is 2. The molecular formula is C18H14Cl2F2N2O2. The lowest BCUT2D eigenvalue weighted by Gasteiger charge is -2.35. The molecule has 0 aromatic heterocycles. The van der Waals surface area contributed by atoms with Gasteiger partial charge in [0.25, 0.3) is 11.8 Å². The lowest BCUT2D eigenvalue weighted by Crippen LogP contribution is -2.50. The molecule has 8 heteroatoms. The van der Waals surface area contributed by atoms with Gasteiger partial charge >= 0.3 is 0 Å². The zero-order valence-electron chi connectivity index (χ0n) is 13.5. The summed E-state index contributed by atoms with van der Waals surface area (Å²) in [5.74, 6) is -1.98. The average molecular weight is 399 g/mol. The number of halogens is 4. The quantitative estimate of drug-likeness (QED) is 0.770. The maximum Gasteiger partial charge on any atom is 0.257 e. The maximum absolute atomic E-state index is 13.9. The molecule has 0 aliphatic carbocycles. The van der Waals surface area contributed by atoms with Crippen LogP contribution in [0, 0.1) is 11.6 Å². The van der Waals surface area contributed by atoms with E-state index in [0.717, 1.165) is 12.1 Å². The third-order valence-electron chi connectivity index (χ3n) is 4.17. The second-order valence-electron chi connectivity index (χ2n) is 5.83. The second-order valence-corrected chi connectivity index (χ2v) is 6.68. The summed E-state index contributed by atoms with van der Waals surface area (Å²) in [6, 6.07) is 7.38. The Morgan fingerprint density at radius 1 is 0.808 bits per heavy atom. The molecule has 0 atom stereocenters. The van der Waals surface area contributed by atoms with E-state index in [9.17, 15) is 18.4 Å². The molecule has 0 saturated carbocycles. The van der Waals surface area contributed by atoms with Crippen molar-refractivity contribution in [3.8, 4) is 0 Å². The number of amides is 2. The Bertz CT molecular complexity index is 868. The van der Waals surface area contributed by atoms with Crippen LogP contribution in [-0.2, 0) is 0 Å². The molecule has 0 bridgehead atoms. The van der Waals surface area contributed by atoms with Gasteiger partial charge in [0.1, 0.15) is 11.6 Å². The van der Waals surface area contributed by atoms with Crippen molar-refractivity contribution in [2.75, 3.05) is 26.2 Å². The largest absolute Gasteiger partial charge is 0.335 e. The van der Waals surface area contributed by atoms with Crippen LogP contribution in [0.3, 0.4) is 0 Å². The van der Waals surface area contributed by atoms with E-state index < -0.39 is 17.5 Å². The normalized spacial score (nSPS) is 14.5. The van der Waals surface area contributed by atoms with Crippen molar-refractivity contribution < 1.29 is 18.4 Å². The molecule has 1 fully saturated rings. The van der Waals surface area contributed by atoms with Crippen LogP contribution in [-0.4, -0.2) is 47.8 Å².